The molecule has 0 unspecified atom stereocenters. The Bertz CT molecular complexity index is 732. The molecule has 0 saturated carbocycles. The van der Waals surface area contributed by atoms with E-state index in [4.69, 9.17) is 11.6 Å². The van der Waals surface area contributed by atoms with E-state index in [-0.39, 0.29) is 5.91 Å². The molecule has 1 fully saturated rings. The van der Waals surface area contributed by atoms with Crippen LogP contribution in [-0.4, -0.2) is 50.1 Å². The highest BCUT2D eigenvalue weighted by Crippen LogP contribution is 2.19. The first-order chi connectivity index (χ1) is 12.5. The van der Waals surface area contributed by atoms with Crippen LogP contribution in [0, 0.1) is 13.8 Å². The van der Waals surface area contributed by atoms with Crippen LogP contribution in [0.15, 0.2) is 42.5 Å². The van der Waals surface area contributed by atoms with Gasteiger partial charge < -0.3 is 10.2 Å². The van der Waals surface area contributed by atoms with Crippen molar-refractivity contribution in [2.45, 2.75) is 13.8 Å². The number of amides is 1. The Labute approximate surface area is 160 Å². The van der Waals surface area contributed by atoms with Gasteiger partial charge in [0.2, 0.25) is 0 Å². The second kappa shape index (κ2) is 8.56. The number of piperazine rings is 1. The largest absolute Gasteiger partial charge is 0.369 e. The highest BCUT2D eigenvalue weighted by Gasteiger charge is 2.17. The summed E-state index contributed by atoms with van der Waals surface area (Å²) in [6.07, 6.45) is 0. The Morgan fingerprint density at radius 2 is 1.62 bits per heavy atom. The van der Waals surface area contributed by atoms with Crippen molar-refractivity contribution in [3.63, 3.8) is 0 Å². The molecule has 2 aromatic carbocycles. The summed E-state index contributed by atoms with van der Waals surface area (Å²) in [5, 5.41) is 3.81. The maximum Gasteiger partial charge on any atom is 0.251 e. The van der Waals surface area contributed by atoms with Gasteiger partial charge >= 0.3 is 0 Å². The number of nitrogens with one attached hydrogen (secondary N) is 1. The first-order valence-corrected chi connectivity index (χ1v) is 9.48. The van der Waals surface area contributed by atoms with E-state index < -0.39 is 0 Å². The molecule has 0 atom stereocenters. The summed E-state index contributed by atoms with van der Waals surface area (Å²) < 4.78 is 0. The molecule has 1 saturated heterocycles. The molecule has 1 amide bonds. The van der Waals surface area contributed by atoms with Gasteiger partial charge in [-0.3, -0.25) is 9.69 Å². The molecule has 138 valence electrons. The number of hydrogen-bond donors (Lipinski definition) is 1. The molecule has 0 aromatic heterocycles. The van der Waals surface area contributed by atoms with Crippen molar-refractivity contribution >= 4 is 23.2 Å². The molecule has 3 rings (SSSR count). The standard InChI is InChI=1S/C21H26ClN3O/c1-16-13-17(2)15-18(14-16)21(26)23-7-8-24-9-11-25(12-10-24)20-5-3-19(22)4-6-20/h3-6,13-15H,7-12H2,1-2H3,(H,23,26). The Hall–Kier alpha value is -2.04. The van der Waals surface area contributed by atoms with Gasteiger partial charge in [-0.25, -0.2) is 0 Å². The fourth-order valence-electron chi connectivity index (χ4n) is 3.42. The van der Waals surface area contributed by atoms with Crippen molar-refractivity contribution in [1.29, 1.82) is 0 Å². The number of benzene rings is 2. The fourth-order valence-corrected chi connectivity index (χ4v) is 3.54. The number of nitrogens with zero attached hydrogens (tertiary/aromatic N) is 2. The van der Waals surface area contributed by atoms with E-state index in [0.29, 0.717) is 6.54 Å². The predicted octanol–water partition coefficient (Wildman–Crippen LogP) is 3.51. The van der Waals surface area contributed by atoms with E-state index in [2.05, 4.69) is 33.3 Å². The molecule has 0 radical (unpaired) electrons. The molecular formula is C21H26ClN3O. The van der Waals surface area contributed by atoms with Gasteiger partial charge in [0.15, 0.2) is 0 Å². The second-order valence-corrected chi connectivity index (χ2v) is 7.37. The maximum atomic E-state index is 12.3. The maximum absolute atomic E-state index is 12.3. The molecule has 1 aliphatic heterocycles. The average molecular weight is 372 g/mol. The quantitative estimate of drug-likeness (QED) is 0.873. The topological polar surface area (TPSA) is 35.6 Å². The predicted molar refractivity (Wildman–Crippen MR) is 108 cm³/mol. The van der Waals surface area contributed by atoms with Gasteiger partial charge in [-0.05, 0) is 50.2 Å². The van der Waals surface area contributed by atoms with Crippen LogP contribution in [0.2, 0.25) is 5.02 Å². The minimum absolute atomic E-state index is 0.0107. The van der Waals surface area contributed by atoms with Crippen LogP contribution in [-0.2, 0) is 0 Å². The first-order valence-electron chi connectivity index (χ1n) is 9.10. The summed E-state index contributed by atoms with van der Waals surface area (Å²) >= 11 is 5.96. The summed E-state index contributed by atoms with van der Waals surface area (Å²) in [6, 6.07) is 14.0. The summed E-state index contributed by atoms with van der Waals surface area (Å²) in [6.45, 7) is 9.58. The average Bonchev–Trinajstić information content (AvgIpc) is 2.62. The summed E-state index contributed by atoms with van der Waals surface area (Å²) in [5.74, 6) is 0.0107. The van der Waals surface area contributed by atoms with Crippen LogP contribution < -0.4 is 10.2 Å². The van der Waals surface area contributed by atoms with Crippen molar-refractivity contribution in [3.8, 4) is 0 Å². The van der Waals surface area contributed by atoms with E-state index in [1.165, 1.54) is 5.69 Å². The smallest absolute Gasteiger partial charge is 0.251 e. The zero-order valence-electron chi connectivity index (χ0n) is 15.5. The highest BCUT2D eigenvalue weighted by molar-refractivity contribution is 6.30. The van der Waals surface area contributed by atoms with E-state index >= 15 is 0 Å². The van der Waals surface area contributed by atoms with Crippen LogP contribution in [0.25, 0.3) is 0 Å². The number of carbonyl (C=O) groups excluding carboxylic acids is 1. The van der Waals surface area contributed by atoms with Crippen LogP contribution in [0.5, 0.6) is 0 Å². The Kier molecular flexibility index (Phi) is 6.17. The van der Waals surface area contributed by atoms with Gasteiger partial charge in [-0.15, -0.1) is 0 Å². The third-order valence-electron chi connectivity index (χ3n) is 4.76. The molecule has 0 aliphatic carbocycles. The van der Waals surface area contributed by atoms with Crippen LogP contribution in [0.1, 0.15) is 21.5 Å². The van der Waals surface area contributed by atoms with Gasteiger partial charge in [0.25, 0.3) is 5.91 Å². The van der Waals surface area contributed by atoms with E-state index in [1.807, 2.05) is 38.1 Å². The number of carbonyl (C=O) groups is 1. The first kappa shape index (κ1) is 18.7. The zero-order valence-corrected chi connectivity index (χ0v) is 16.2. The normalized spacial score (nSPS) is 15.1. The highest BCUT2D eigenvalue weighted by atomic mass is 35.5. The van der Waals surface area contributed by atoms with E-state index in [9.17, 15) is 4.79 Å². The van der Waals surface area contributed by atoms with Crippen LogP contribution >= 0.6 is 11.6 Å². The van der Waals surface area contributed by atoms with E-state index in [1.54, 1.807) is 0 Å². The molecule has 1 aliphatic rings. The number of rotatable bonds is 5. The SMILES string of the molecule is Cc1cc(C)cc(C(=O)NCCN2CCN(c3ccc(Cl)cc3)CC2)c1. The molecule has 4 nitrogen and oxygen atoms in total. The van der Waals surface area contributed by atoms with Gasteiger partial charge in [0.05, 0.1) is 0 Å². The van der Waals surface area contributed by atoms with Gasteiger partial charge in [-0.1, -0.05) is 28.8 Å². The molecule has 5 heteroatoms. The number of halogens is 1. The van der Waals surface area contributed by atoms with Gasteiger partial charge in [-0.2, -0.15) is 0 Å². The lowest BCUT2D eigenvalue weighted by atomic mass is 10.1. The van der Waals surface area contributed by atoms with Crippen molar-refractivity contribution in [2.75, 3.05) is 44.2 Å². The Balaban J connectivity index is 1.42. The summed E-state index contributed by atoms with van der Waals surface area (Å²) in [7, 11) is 0. The van der Waals surface area contributed by atoms with Crippen LogP contribution in [0.4, 0.5) is 5.69 Å². The van der Waals surface area contributed by atoms with Gasteiger partial charge in [0.1, 0.15) is 0 Å². The van der Waals surface area contributed by atoms with Crippen molar-refractivity contribution < 1.29 is 4.79 Å². The zero-order chi connectivity index (χ0) is 18.5. The third-order valence-corrected chi connectivity index (χ3v) is 5.01. The lowest BCUT2D eigenvalue weighted by molar-refractivity contribution is 0.0947. The minimum atomic E-state index is 0.0107. The molecule has 26 heavy (non-hydrogen) atoms. The molecule has 1 heterocycles. The minimum Gasteiger partial charge on any atom is -0.369 e. The van der Waals surface area contributed by atoms with Crippen molar-refractivity contribution in [2.24, 2.45) is 0 Å². The number of hydrogen-bond acceptors (Lipinski definition) is 3. The fraction of sp³-hybridized carbons (Fsp3) is 0.381. The summed E-state index contributed by atoms with van der Waals surface area (Å²) in [5.41, 5.74) is 4.20. The molecule has 0 bridgehead atoms. The Morgan fingerprint density at radius 3 is 2.23 bits per heavy atom. The Morgan fingerprint density at radius 1 is 1.00 bits per heavy atom. The lowest BCUT2D eigenvalue weighted by Crippen LogP contribution is -2.48. The van der Waals surface area contributed by atoms with E-state index in [0.717, 1.165) is 54.4 Å². The van der Waals surface area contributed by atoms with Crippen molar-refractivity contribution in [3.05, 3.63) is 64.2 Å². The monoisotopic (exact) mass is 371 g/mol. The van der Waals surface area contributed by atoms with Gasteiger partial charge in [0, 0.05) is 55.5 Å². The number of anilines is 1. The van der Waals surface area contributed by atoms with Crippen LogP contribution in [0.3, 0.4) is 0 Å². The molecule has 1 N–H and O–H groups in total. The number of aryl methyl sites for hydroxylation is 2. The molecule has 0 spiro atoms. The third kappa shape index (κ3) is 4.99. The second-order valence-electron chi connectivity index (χ2n) is 6.94. The van der Waals surface area contributed by atoms with Crippen molar-refractivity contribution in [1.82, 2.24) is 10.2 Å². The lowest BCUT2D eigenvalue weighted by Gasteiger charge is -2.36. The summed E-state index contributed by atoms with van der Waals surface area (Å²) in [4.78, 5) is 17.1. The molecular weight excluding hydrogens is 346 g/mol. The molecule has 2 aromatic rings.